The lowest BCUT2D eigenvalue weighted by Gasteiger charge is -2.29. The number of carbonyl (C=O) groups is 3. The maximum Gasteiger partial charge on any atom is 0.293 e. The Balaban J connectivity index is 4.98. The van der Waals surface area contributed by atoms with Gasteiger partial charge >= 0.3 is 0 Å². The summed E-state index contributed by atoms with van der Waals surface area (Å²) in [7, 11) is 1.58. The molecule has 0 aromatic rings. The Labute approximate surface area is 233 Å². The zero-order chi connectivity index (χ0) is 29.7. The van der Waals surface area contributed by atoms with Crippen molar-refractivity contribution in [1.29, 1.82) is 0 Å². The van der Waals surface area contributed by atoms with E-state index < -0.39 is 17.4 Å². The first-order valence-corrected chi connectivity index (χ1v) is 12.8. The molecule has 0 bridgehead atoms. The normalized spacial score (nSPS) is 15.0. The van der Waals surface area contributed by atoms with Crippen LogP contribution in [0.4, 0.5) is 0 Å². The number of rotatable bonds is 17. The number of nitrogens with one attached hydrogen (secondary N) is 2. The highest BCUT2D eigenvalue weighted by molar-refractivity contribution is 5.93. The van der Waals surface area contributed by atoms with Gasteiger partial charge in [-0.25, -0.2) is 5.90 Å². The topological polar surface area (TPSA) is 129 Å². The molecule has 39 heavy (non-hydrogen) atoms. The van der Waals surface area contributed by atoms with Crippen molar-refractivity contribution in [3.63, 3.8) is 0 Å². The van der Waals surface area contributed by atoms with Crippen LogP contribution in [0.5, 0.6) is 0 Å². The van der Waals surface area contributed by atoms with Crippen LogP contribution in [0, 0.1) is 17.3 Å². The van der Waals surface area contributed by atoms with Gasteiger partial charge in [0.15, 0.2) is 0 Å². The third-order valence-electron chi connectivity index (χ3n) is 5.51. The van der Waals surface area contributed by atoms with Crippen LogP contribution in [-0.2, 0) is 28.7 Å². The second kappa shape index (κ2) is 20.4. The van der Waals surface area contributed by atoms with Gasteiger partial charge in [0.05, 0.1) is 19.0 Å². The average Bonchev–Trinajstić information content (AvgIpc) is 2.89. The Morgan fingerprint density at radius 2 is 1.69 bits per heavy atom. The molecule has 3 atom stereocenters. The van der Waals surface area contributed by atoms with Crippen LogP contribution in [0.1, 0.15) is 67.2 Å². The van der Waals surface area contributed by atoms with Gasteiger partial charge in [-0.05, 0) is 44.9 Å². The maximum absolute atomic E-state index is 12.8. The van der Waals surface area contributed by atoms with E-state index in [0.717, 1.165) is 11.3 Å². The number of carbonyl (C=O) groups excluding carboxylic acids is 3. The van der Waals surface area contributed by atoms with Gasteiger partial charge in [-0.1, -0.05) is 56.7 Å². The SMILES string of the molecule is CC#CCC(C/C=C\NC(=O)C(NC(=O)\C=C/C=C\C(C)=C\CC(C/C=C(\C)OC)OC=O)C(C)(C)C)ON. The fraction of sp³-hybridized carbons (Fsp3) is 0.500. The first kappa shape index (κ1) is 35.4. The number of methoxy groups -OCH3 is 1. The Bertz CT molecular complexity index is 977. The molecule has 0 radical (unpaired) electrons. The molecule has 0 fully saturated rings. The summed E-state index contributed by atoms with van der Waals surface area (Å²) < 4.78 is 10.2. The summed E-state index contributed by atoms with van der Waals surface area (Å²) in [5, 5.41) is 5.48. The van der Waals surface area contributed by atoms with Crippen molar-refractivity contribution >= 4 is 18.3 Å². The molecule has 9 heteroatoms. The lowest BCUT2D eigenvalue weighted by atomic mass is 9.86. The molecular weight excluding hydrogens is 498 g/mol. The lowest BCUT2D eigenvalue weighted by Crippen LogP contribution is -2.52. The Hall–Kier alpha value is -3.61. The van der Waals surface area contributed by atoms with Crippen molar-refractivity contribution < 1.29 is 28.7 Å². The highest BCUT2D eigenvalue weighted by Gasteiger charge is 2.31. The fourth-order valence-corrected chi connectivity index (χ4v) is 3.12. The number of amides is 2. The molecule has 2 amide bonds. The van der Waals surface area contributed by atoms with Crippen LogP contribution in [0.25, 0.3) is 0 Å². The first-order chi connectivity index (χ1) is 18.5. The molecule has 0 aliphatic rings. The summed E-state index contributed by atoms with van der Waals surface area (Å²) in [6.45, 7) is 11.5. The van der Waals surface area contributed by atoms with E-state index in [9.17, 15) is 14.4 Å². The van der Waals surface area contributed by atoms with Gasteiger partial charge in [-0.3, -0.25) is 19.2 Å². The van der Waals surface area contributed by atoms with Crippen molar-refractivity contribution in [2.24, 2.45) is 11.3 Å². The Morgan fingerprint density at radius 3 is 2.28 bits per heavy atom. The van der Waals surface area contributed by atoms with Gasteiger partial charge in [0.25, 0.3) is 6.47 Å². The summed E-state index contributed by atoms with van der Waals surface area (Å²) in [5.41, 5.74) is 0.419. The summed E-state index contributed by atoms with van der Waals surface area (Å²) in [6, 6.07) is -0.761. The number of hydrogen-bond acceptors (Lipinski definition) is 7. The van der Waals surface area contributed by atoms with Gasteiger partial charge in [0.2, 0.25) is 11.8 Å². The molecule has 0 saturated heterocycles. The smallest absolute Gasteiger partial charge is 0.293 e. The van der Waals surface area contributed by atoms with Crippen molar-refractivity contribution in [1.82, 2.24) is 10.6 Å². The van der Waals surface area contributed by atoms with E-state index in [-0.39, 0.29) is 18.1 Å². The van der Waals surface area contributed by atoms with Crippen molar-refractivity contribution in [2.75, 3.05) is 7.11 Å². The third kappa shape index (κ3) is 17.5. The summed E-state index contributed by atoms with van der Waals surface area (Å²) >= 11 is 0. The van der Waals surface area contributed by atoms with Gasteiger partial charge in [-0.15, -0.1) is 11.8 Å². The monoisotopic (exact) mass is 543 g/mol. The number of nitrogens with two attached hydrogens (primary N) is 1. The van der Waals surface area contributed by atoms with E-state index in [1.54, 1.807) is 32.3 Å². The van der Waals surface area contributed by atoms with E-state index in [1.165, 1.54) is 12.3 Å². The van der Waals surface area contributed by atoms with E-state index in [1.807, 2.05) is 52.8 Å². The highest BCUT2D eigenvalue weighted by Crippen LogP contribution is 2.19. The minimum atomic E-state index is -0.761. The second-order valence-electron chi connectivity index (χ2n) is 9.85. The van der Waals surface area contributed by atoms with Gasteiger partial charge in [0, 0.05) is 25.3 Å². The molecule has 0 aliphatic heterocycles. The summed E-state index contributed by atoms with van der Waals surface area (Å²) in [4.78, 5) is 40.9. The summed E-state index contributed by atoms with van der Waals surface area (Å²) in [6.07, 6.45) is 15.1. The molecule has 4 N–H and O–H groups in total. The standard InChI is InChI=1S/C30H45N3O6/c1-8-9-14-26(39-31)15-12-21-32-29(36)28(30(4,5)6)33-27(35)16-11-10-13-23(2)17-19-25(38-22-34)20-18-24(3)37-7/h10-13,16-18,21-22,25-26,28H,14-15,19-20,31H2,1-7H3,(H,32,36)(H,33,35)/b13-10-,16-11-,21-12-,23-17+,24-18+. The Morgan fingerprint density at radius 1 is 1.03 bits per heavy atom. The molecule has 0 aromatic carbocycles. The van der Waals surface area contributed by atoms with Gasteiger partial charge < -0.3 is 20.1 Å². The predicted molar refractivity (Wildman–Crippen MR) is 153 cm³/mol. The van der Waals surface area contributed by atoms with Crippen LogP contribution in [0.15, 0.2) is 60.1 Å². The highest BCUT2D eigenvalue weighted by atomic mass is 16.6. The summed E-state index contributed by atoms with van der Waals surface area (Å²) in [5.74, 6) is 11.0. The van der Waals surface area contributed by atoms with Crippen LogP contribution in [0.2, 0.25) is 0 Å². The van der Waals surface area contributed by atoms with Gasteiger partial charge in [-0.2, -0.15) is 0 Å². The third-order valence-corrected chi connectivity index (χ3v) is 5.51. The largest absolute Gasteiger partial charge is 0.502 e. The average molecular weight is 544 g/mol. The minimum Gasteiger partial charge on any atom is -0.502 e. The molecule has 0 heterocycles. The fourth-order valence-electron chi connectivity index (χ4n) is 3.12. The lowest BCUT2D eigenvalue weighted by molar-refractivity contribution is -0.133. The number of hydrogen-bond donors (Lipinski definition) is 3. The van der Waals surface area contributed by atoms with Crippen LogP contribution in [-0.4, -0.2) is 43.6 Å². The molecule has 216 valence electrons. The van der Waals surface area contributed by atoms with E-state index in [2.05, 4.69) is 22.5 Å². The van der Waals surface area contributed by atoms with Crippen molar-refractivity contribution in [3.8, 4) is 11.8 Å². The Kier molecular flexibility index (Phi) is 18.5. The van der Waals surface area contributed by atoms with Crippen LogP contribution >= 0.6 is 0 Å². The number of ether oxygens (including phenoxy) is 2. The molecule has 3 unspecified atom stereocenters. The van der Waals surface area contributed by atoms with Crippen molar-refractivity contribution in [2.45, 2.75) is 85.5 Å². The van der Waals surface area contributed by atoms with Crippen LogP contribution in [0.3, 0.4) is 0 Å². The molecule has 9 nitrogen and oxygen atoms in total. The number of allylic oxidation sites excluding steroid dienone is 5. The quantitative estimate of drug-likeness (QED) is 0.0628. The van der Waals surface area contributed by atoms with E-state index in [0.29, 0.717) is 32.2 Å². The molecule has 0 rings (SSSR count). The molecular formula is C30H45N3O6. The predicted octanol–water partition coefficient (Wildman–Crippen LogP) is 4.14. The molecule has 0 saturated carbocycles. The molecule has 0 spiro atoms. The van der Waals surface area contributed by atoms with Crippen molar-refractivity contribution in [3.05, 3.63) is 60.1 Å². The first-order valence-electron chi connectivity index (χ1n) is 12.8. The maximum atomic E-state index is 12.8. The zero-order valence-electron chi connectivity index (χ0n) is 24.3. The zero-order valence-corrected chi connectivity index (χ0v) is 24.3. The second-order valence-corrected chi connectivity index (χ2v) is 9.85. The van der Waals surface area contributed by atoms with Gasteiger partial charge in [0.1, 0.15) is 12.1 Å². The molecule has 0 aromatic heterocycles. The minimum absolute atomic E-state index is 0.270. The molecule has 0 aliphatic carbocycles. The van der Waals surface area contributed by atoms with Crippen LogP contribution < -0.4 is 16.5 Å². The van der Waals surface area contributed by atoms with E-state index >= 15 is 0 Å². The van der Waals surface area contributed by atoms with E-state index in [4.69, 9.17) is 20.2 Å².